The van der Waals surface area contributed by atoms with E-state index in [0.717, 1.165) is 16.5 Å². The van der Waals surface area contributed by atoms with Gasteiger partial charge in [0, 0.05) is 47.6 Å². The van der Waals surface area contributed by atoms with Gasteiger partial charge in [-0.05, 0) is 18.6 Å². The molecule has 2 aromatic heterocycles. The Labute approximate surface area is 223 Å². The van der Waals surface area contributed by atoms with E-state index in [-0.39, 0.29) is 18.6 Å². The van der Waals surface area contributed by atoms with Crippen molar-refractivity contribution in [3.63, 3.8) is 0 Å². The highest BCUT2D eigenvalue weighted by molar-refractivity contribution is 7.80. The van der Waals surface area contributed by atoms with E-state index in [1.54, 1.807) is 6.20 Å². The quantitative estimate of drug-likeness (QED) is 0.119. The van der Waals surface area contributed by atoms with Gasteiger partial charge in [-0.15, -0.1) is 0 Å². The lowest BCUT2D eigenvalue weighted by Gasteiger charge is -2.26. The molecule has 5 atom stereocenters. The van der Waals surface area contributed by atoms with Crippen LogP contribution in [0.15, 0.2) is 43.0 Å². The Hall–Kier alpha value is -3.88. The first-order valence-corrected chi connectivity index (χ1v) is 12.4. The van der Waals surface area contributed by atoms with Gasteiger partial charge in [-0.25, -0.2) is 9.78 Å². The van der Waals surface area contributed by atoms with Gasteiger partial charge in [0.2, 0.25) is 17.7 Å². The number of benzene rings is 1. The standard InChI is InChI=1S/C24H31N7O6S/c1-12(32)20(23(35)30-19(10-38)24(36)37)31-22(34)18(6-13-8-27-17-5-3-2-4-15(13)17)29-21(33)16(25)7-14-9-26-11-28-14/h2-5,8-9,11-12,16,18-20,27,32,38H,6-7,10,25H2,1H3,(H,26,28)(H,29,33)(H,30,35)(H,31,34)(H,36,37). The van der Waals surface area contributed by atoms with E-state index >= 15 is 0 Å². The predicted octanol–water partition coefficient (Wildman–Crippen LogP) is -1.15. The fourth-order valence-corrected chi connectivity index (χ4v) is 4.09. The van der Waals surface area contributed by atoms with Crippen LogP contribution >= 0.6 is 12.6 Å². The second kappa shape index (κ2) is 13.1. The number of carboxylic acid groups (broad SMARTS) is 1. The SMILES string of the molecule is CC(O)C(NC(=O)C(Cc1c[nH]c2ccccc12)NC(=O)C(N)Cc1cnc[nH]1)C(=O)NC(CS)C(=O)O. The molecule has 0 aliphatic heterocycles. The second-order valence-corrected chi connectivity index (χ2v) is 9.19. The number of fused-ring (bicyclic) bond motifs is 1. The monoisotopic (exact) mass is 545 g/mol. The second-order valence-electron chi connectivity index (χ2n) is 8.82. The Morgan fingerprint density at radius 2 is 1.74 bits per heavy atom. The minimum atomic E-state index is -1.50. The van der Waals surface area contributed by atoms with Crippen LogP contribution in [0.4, 0.5) is 0 Å². The van der Waals surface area contributed by atoms with E-state index in [4.69, 9.17) is 5.73 Å². The minimum Gasteiger partial charge on any atom is -0.480 e. The molecule has 2 heterocycles. The largest absolute Gasteiger partial charge is 0.480 e. The molecule has 0 bridgehead atoms. The molecule has 0 saturated heterocycles. The van der Waals surface area contributed by atoms with Gasteiger partial charge in [0.15, 0.2) is 0 Å². The number of imidazole rings is 1. The van der Waals surface area contributed by atoms with Gasteiger partial charge < -0.3 is 41.9 Å². The first-order valence-electron chi connectivity index (χ1n) is 11.8. The average molecular weight is 546 g/mol. The Balaban J connectivity index is 1.81. The molecule has 0 saturated carbocycles. The van der Waals surface area contributed by atoms with Crippen molar-refractivity contribution in [1.29, 1.82) is 0 Å². The number of carbonyl (C=O) groups is 4. The number of aliphatic carboxylic acids is 1. The number of aliphatic hydroxyl groups excluding tert-OH is 1. The lowest BCUT2D eigenvalue weighted by Crippen LogP contribution is -2.60. The van der Waals surface area contributed by atoms with Gasteiger partial charge >= 0.3 is 5.97 Å². The Morgan fingerprint density at radius 1 is 1.03 bits per heavy atom. The third-order valence-corrected chi connectivity index (χ3v) is 6.29. The van der Waals surface area contributed by atoms with Crippen molar-refractivity contribution in [2.45, 2.75) is 50.0 Å². The lowest BCUT2D eigenvalue weighted by atomic mass is 10.0. The van der Waals surface area contributed by atoms with Crippen molar-refractivity contribution in [2.24, 2.45) is 5.73 Å². The molecule has 9 N–H and O–H groups in total. The van der Waals surface area contributed by atoms with Crippen LogP contribution in [-0.2, 0) is 32.0 Å². The number of hydrogen-bond acceptors (Lipinski definition) is 8. The summed E-state index contributed by atoms with van der Waals surface area (Å²) in [5.41, 5.74) is 8.24. The van der Waals surface area contributed by atoms with Gasteiger partial charge in [-0.1, -0.05) is 18.2 Å². The van der Waals surface area contributed by atoms with Crippen LogP contribution in [0.1, 0.15) is 18.2 Å². The lowest BCUT2D eigenvalue weighted by molar-refractivity contribution is -0.142. The maximum absolute atomic E-state index is 13.4. The molecule has 3 rings (SSSR count). The number of nitrogens with one attached hydrogen (secondary N) is 5. The zero-order valence-corrected chi connectivity index (χ0v) is 21.4. The molecule has 1 aromatic carbocycles. The molecule has 38 heavy (non-hydrogen) atoms. The first kappa shape index (κ1) is 28.7. The van der Waals surface area contributed by atoms with Gasteiger partial charge in [0.25, 0.3) is 0 Å². The molecule has 0 spiro atoms. The summed E-state index contributed by atoms with van der Waals surface area (Å²) in [5, 5.41) is 27.5. The zero-order valence-electron chi connectivity index (χ0n) is 20.5. The smallest absolute Gasteiger partial charge is 0.327 e. The minimum absolute atomic E-state index is 0.0426. The van der Waals surface area contributed by atoms with Gasteiger partial charge in [-0.3, -0.25) is 14.4 Å². The summed E-state index contributed by atoms with van der Waals surface area (Å²) in [4.78, 5) is 60.2. The molecule has 3 aromatic rings. The summed E-state index contributed by atoms with van der Waals surface area (Å²) < 4.78 is 0. The maximum atomic E-state index is 13.4. The van der Waals surface area contributed by atoms with E-state index < -0.39 is 54.0 Å². The molecule has 0 radical (unpaired) electrons. The fraction of sp³-hybridized carbons (Fsp3) is 0.375. The van der Waals surface area contributed by atoms with Crippen molar-refractivity contribution in [1.82, 2.24) is 30.9 Å². The van der Waals surface area contributed by atoms with E-state index in [2.05, 4.69) is 43.5 Å². The summed E-state index contributed by atoms with van der Waals surface area (Å²) in [6.45, 7) is 1.27. The van der Waals surface area contributed by atoms with Gasteiger partial charge in [0.05, 0.1) is 18.5 Å². The number of thiol groups is 1. The van der Waals surface area contributed by atoms with Crippen LogP contribution in [-0.4, -0.2) is 84.9 Å². The number of carboxylic acids is 1. The highest BCUT2D eigenvalue weighted by Crippen LogP contribution is 2.19. The molecule has 0 aliphatic carbocycles. The average Bonchev–Trinajstić information content (AvgIpc) is 3.54. The normalized spacial score (nSPS) is 15.2. The van der Waals surface area contributed by atoms with Crippen molar-refractivity contribution in [3.05, 3.63) is 54.2 Å². The summed E-state index contributed by atoms with van der Waals surface area (Å²) in [5.74, 6) is -3.81. The highest BCUT2D eigenvalue weighted by Gasteiger charge is 2.33. The van der Waals surface area contributed by atoms with Crippen LogP contribution in [0.5, 0.6) is 0 Å². The summed E-state index contributed by atoms with van der Waals surface area (Å²) in [6, 6.07) is 2.40. The van der Waals surface area contributed by atoms with Crippen molar-refractivity contribution >= 4 is 47.2 Å². The molecule has 204 valence electrons. The molecule has 14 heteroatoms. The number of para-hydroxylation sites is 1. The van der Waals surface area contributed by atoms with Crippen LogP contribution in [0.3, 0.4) is 0 Å². The van der Waals surface area contributed by atoms with Crippen molar-refractivity contribution < 1.29 is 29.4 Å². The van der Waals surface area contributed by atoms with Gasteiger partial charge in [-0.2, -0.15) is 12.6 Å². The Kier molecular flexibility index (Phi) is 9.87. The van der Waals surface area contributed by atoms with Crippen LogP contribution in [0.2, 0.25) is 0 Å². The number of rotatable bonds is 13. The van der Waals surface area contributed by atoms with E-state index in [1.165, 1.54) is 19.4 Å². The third kappa shape index (κ3) is 7.34. The highest BCUT2D eigenvalue weighted by atomic mass is 32.1. The van der Waals surface area contributed by atoms with Gasteiger partial charge in [0.1, 0.15) is 18.1 Å². The molecule has 3 amide bonds. The Morgan fingerprint density at radius 3 is 2.37 bits per heavy atom. The number of carbonyl (C=O) groups excluding carboxylic acids is 3. The number of amides is 3. The number of nitrogens with two attached hydrogens (primary N) is 1. The number of hydrogen-bond donors (Lipinski definition) is 9. The summed E-state index contributed by atoms with van der Waals surface area (Å²) >= 11 is 3.91. The molecule has 0 fully saturated rings. The fourth-order valence-electron chi connectivity index (χ4n) is 3.84. The molecule has 13 nitrogen and oxygen atoms in total. The molecular weight excluding hydrogens is 514 g/mol. The van der Waals surface area contributed by atoms with Crippen molar-refractivity contribution in [2.75, 3.05) is 5.75 Å². The van der Waals surface area contributed by atoms with E-state index in [0.29, 0.717) is 5.69 Å². The first-order chi connectivity index (χ1) is 18.1. The van der Waals surface area contributed by atoms with Crippen LogP contribution in [0, 0.1) is 0 Å². The number of aromatic amines is 2. The third-order valence-electron chi connectivity index (χ3n) is 5.92. The van der Waals surface area contributed by atoms with Crippen LogP contribution in [0.25, 0.3) is 10.9 Å². The zero-order chi connectivity index (χ0) is 27.8. The van der Waals surface area contributed by atoms with E-state index in [1.807, 2.05) is 24.3 Å². The van der Waals surface area contributed by atoms with E-state index in [9.17, 15) is 29.4 Å². The Bertz CT molecular complexity index is 1260. The number of nitrogens with zero attached hydrogens (tertiary/aromatic N) is 1. The number of aromatic nitrogens is 3. The number of aliphatic hydroxyl groups is 1. The molecule has 0 aliphatic rings. The topological polar surface area (TPSA) is 215 Å². The summed E-state index contributed by atoms with van der Waals surface area (Å²) in [6.07, 6.45) is 3.51. The molecular formula is C24H31N7O6S. The van der Waals surface area contributed by atoms with Crippen molar-refractivity contribution in [3.8, 4) is 0 Å². The predicted molar refractivity (Wildman–Crippen MR) is 141 cm³/mol. The molecule has 5 unspecified atom stereocenters. The summed E-state index contributed by atoms with van der Waals surface area (Å²) in [7, 11) is 0. The maximum Gasteiger partial charge on any atom is 0.327 e. The van der Waals surface area contributed by atoms with Crippen LogP contribution < -0.4 is 21.7 Å². The number of H-pyrrole nitrogens is 2.